The van der Waals surface area contributed by atoms with Crippen molar-refractivity contribution in [1.29, 1.82) is 0 Å². The molecule has 0 saturated carbocycles. The number of Topliss-reactive ketones (excluding diaryl/α,β-unsaturated/α-hetero) is 1. The molecular weight excluding hydrogens is 334 g/mol. The maximum Gasteiger partial charge on any atom is 0.205 e. The predicted molar refractivity (Wildman–Crippen MR) is 98.5 cm³/mol. The minimum Gasteiger partial charge on any atom is -0.370 e. The molecule has 1 aromatic heterocycles. The third-order valence-electron chi connectivity index (χ3n) is 4.49. The van der Waals surface area contributed by atoms with Crippen LogP contribution in [0.4, 0.5) is 5.69 Å². The minimum absolute atomic E-state index is 0.160. The fourth-order valence-electron chi connectivity index (χ4n) is 3.15. The molecule has 1 aliphatic carbocycles. The fraction of sp³-hybridized carbons (Fsp3) is 0.263. The van der Waals surface area contributed by atoms with Crippen LogP contribution in [0.25, 0.3) is 0 Å². The van der Waals surface area contributed by atoms with Crippen molar-refractivity contribution in [2.75, 3.05) is 29.5 Å². The lowest BCUT2D eigenvalue weighted by molar-refractivity contribution is 0.0978. The Kier molecular flexibility index (Phi) is 4.36. The number of nitrogens with zero attached hydrogens (tertiary/aromatic N) is 3. The smallest absolute Gasteiger partial charge is 0.205 e. The Hall–Kier alpha value is -2.47. The van der Waals surface area contributed by atoms with Crippen LogP contribution in [0.1, 0.15) is 26.4 Å². The Balaban J connectivity index is 1.52. The third-order valence-corrected chi connectivity index (χ3v) is 5.44. The van der Waals surface area contributed by atoms with E-state index in [1.165, 1.54) is 24.3 Å². The summed E-state index contributed by atoms with van der Waals surface area (Å²) in [5, 5.41) is 0. The molecule has 5 nitrogen and oxygen atoms in total. The maximum atomic E-state index is 12.6. The second-order valence-electron chi connectivity index (χ2n) is 6.09. The molecule has 126 valence electrons. The lowest BCUT2D eigenvalue weighted by atomic mass is 9.90. The number of carbonyl (C=O) groups is 2. The molecule has 0 atom stereocenters. The van der Waals surface area contributed by atoms with Gasteiger partial charge in [0.05, 0.1) is 5.56 Å². The van der Waals surface area contributed by atoms with Crippen LogP contribution in [-0.2, 0) is 6.42 Å². The topological polar surface area (TPSA) is 63.2 Å². The number of aromatic nitrogens is 2. The number of benzene rings is 1. The zero-order valence-electron chi connectivity index (χ0n) is 13.6. The average molecular weight is 351 g/mol. The van der Waals surface area contributed by atoms with Crippen molar-refractivity contribution in [3.8, 4) is 0 Å². The monoisotopic (exact) mass is 351 g/mol. The van der Waals surface area contributed by atoms with Crippen molar-refractivity contribution < 1.29 is 9.59 Å². The summed E-state index contributed by atoms with van der Waals surface area (Å²) < 4.78 is 0. The van der Waals surface area contributed by atoms with E-state index in [-0.39, 0.29) is 17.3 Å². The molecule has 2 heterocycles. The van der Waals surface area contributed by atoms with Gasteiger partial charge in [-0.1, -0.05) is 12.1 Å². The number of ketones is 2. The van der Waals surface area contributed by atoms with Crippen LogP contribution in [0.5, 0.6) is 0 Å². The van der Waals surface area contributed by atoms with Gasteiger partial charge < -0.3 is 4.90 Å². The molecule has 0 N–H and O–H groups in total. The van der Waals surface area contributed by atoms with E-state index in [2.05, 4.69) is 27.0 Å². The first-order valence-corrected chi connectivity index (χ1v) is 9.39. The van der Waals surface area contributed by atoms with Crippen molar-refractivity contribution in [3.63, 3.8) is 0 Å². The SMILES string of the molecule is O=C1C(Cc2ccc(N3CCSCC3)cc2)=CC(=O)c2ncncc21. The second kappa shape index (κ2) is 6.80. The van der Waals surface area contributed by atoms with E-state index in [0.29, 0.717) is 17.6 Å². The van der Waals surface area contributed by atoms with E-state index in [0.717, 1.165) is 30.2 Å². The molecule has 0 bridgehead atoms. The molecule has 1 aromatic carbocycles. The first-order chi connectivity index (χ1) is 12.2. The number of anilines is 1. The van der Waals surface area contributed by atoms with Gasteiger partial charge in [0.2, 0.25) is 5.78 Å². The molecule has 0 spiro atoms. The maximum absolute atomic E-state index is 12.6. The first kappa shape index (κ1) is 16.0. The van der Waals surface area contributed by atoms with E-state index < -0.39 is 0 Å². The molecule has 2 aliphatic rings. The summed E-state index contributed by atoms with van der Waals surface area (Å²) in [4.78, 5) is 34.9. The summed E-state index contributed by atoms with van der Waals surface area (Å²) in [6.45, 7) is 2.14. The highest BCUT2D eigenvalue weighted by Crippen LogP contribution is 2.24. The van der Waals surface area contributed by atoms with Gasteiger partial charge in [-0.3, -0.25) is 9.59 Å². The Morgan fingerprint density at radius 2 is 1.84 bits per heavy atom. The predicted octanol–water partition coefficient (Wildman–Crippen LogP) is 2.58. The highest BCUT2D eigenvalue weighted by atomic mass is 32.2. The largest absolute Gasteiger partial charge is 0.370 e. The Morgan fingerprint density at radius 1 is 1.08 bits per heavy atom. The van der Waals surface area contributed by atoms with Gasteiger partial charge in [-0.05, 0) is 23.8 Å². The van der Waals surface area contributed by atoms with Gasteiger partial charge in [0.15, 0.2) is 5.78 Å². The molecular formula is C19H17N3O2S. The molecule has 0 radical (unpaired) electrons. The van der Waals surface area contributed by atoms with Crippen molar-refractivity contribution in [3.05, 3.63) is 65.3 Å². The normalized spacial score (nSPS) is 17.3. The number of allylic oxidation sites excluding steroid dienone is 2. The number of rotatable bonds is 3. The van der Waals surface area contributed by atoms with Crippen molar-refractivity contribution >= 4 is 29.0 Å². The van der Waals surface area contributed by atoms with Gasteiger partial charge in [-0.2, -0.15) is 11.8 Å². The van der Waals surface area contributed by atoms with Crippen molar-refractivity contribution in [1.82, 2.24) is 9.97 Å². The first-order valence-electron chi connectivity index (χ1n) is 8.23. The van der Waals surface area contributed by atoms with Crippen LogP contribution in [-0.4, -0.2) is 46.1 Å². The Morgan fingerprint density at radius 3 is 2.60 bits per heavy atom. The standard InChI is InChI=1S/C19H17N3O2S/c23-17-10-14(19(24)16-11-20-12-21-18(16)17)9-13-1-3-15(4-2-13)22-5-7-25-8-6-22/h1-4,10-12H,5-9H2. The van der Waals surface area contributed by atoms with E-state index in [9.17, 15) is 9.59 Å². The zero-order valence-corrected chi connectivity index (χ0v) is 14.5. The van der Waals surface area contributed by atoms with E-state index in [1.807, 2.05) is 23.9 Å². The summed E-state index contributed by atoms with van der Waals surface area (Å²) in [5.41, 5.74) is 3.22. The number of hydrogen-bond donors (Lipinski definition) is 0. The van der Waals surface area contributed by atoms with Crippen molar-refractivity contribution in [2.24, 2.45) is 0 Å². The van der Waals surface area contributed by atoms with Gasteiger partial charge in [0.25, 0.3) is 0 Å². The fourth-order valence-corrected chi connectivity index (χ4v) is 4.06. The van der Waals surface area contributed by atoms with Gasteiger partial charge in [-0.15, -0.1) is 0 Å². The van der Waals surface area contributed by atoms with Crippen LogP contribution in [0.3, 0.4) is 0 Å². The van der Waals surface area contributed by atoms with Crippen molar-refractivity contribution in [2.45, 2.75) is 6.42 Å². The Labute approximate surface area is 150 Å². The molecule has 25 heavy (non-hydrogen) atoms. The minimum atomic E-state index is -0.227. The van der Waals surface area contributed by atoms with Crippen LogP contribution < -0.4 is 4.90 Å². The quantitative estimate of drug-likeness (QED) is 0.847. The second-order valence-corrected chi connectivity index (χ2v) is 7.32. The van der Waals surface area contributed by atoms with Gasteiger partial charge in [0, 0.05) is 48.5 Å². The number of thioether (sulfide) groups is 1. The average Bonchev–Trinajstić information content (AvgIpc) is 2.67. The highest BCUT2D eigenvalue weighted by molar-refractivity contribution is 7.99. The van der Waals surface area contributed by atoms with Gasteiger partial charge >= 0.3 is 0 Å². The number of carbonyl (C=O) groups excluding carboxylic acids is 2. The highest BCUT2D eigenvalue weighted by Gasteiger charge is 2.26. The molecule has 1 fully saturated rings. The van der Waals surface area contributed by atoms with Crippen LogP contribution >= 0.6 is 11.8 Å². The summed E-state index contributed by atoms with van der Waals surface area (Å²) in [6, 6.07) is 8.26. The summed E-state index contributed by atoms with van der Waals surface area (Å²) in [6.07, 6.45) is 4.57. The van der Waals surface area contributed by atoms with Gasteiger partial charge in [0.1, 0.15) is 12.0 Å². The lowest BCUT2D eigenvalue weighted by Crippen LogP contribution is -2.32. The molecule has 4 rings (SSSR count). The van der Waals surface area contributed by atoms with Crippen LogP contribution in [0.15, 0.2) is 48.4 Å². The molecule has 2 aromatic rings. The van der Waals surface area contributed by atoms with E-state index >= 15 is 0 Å². The number of hydrogen-bond acceptors (Lipinski definition) is 6. The van der Waals surface area contributed by atoms with E-state index in [4.69, 9.17) is 0 Å². The molecule has 0 amide bonds. The lowest BCUT2D eigenvalue weighted by Gasteiger charge is -2.28. The number of fused-ring (bicyclic) bond motifs is 1. The van der Waals surface area contributed by atoms with E-state index in [1.54, 1.807) is 0 Å². The molecule has 6 heteroatoms. The van der Waals surface area contributed by atoms with Crippen LogP contribution in [0, 0.1) is 0 Å². The molecule has 1 saturated heterocycles. The Bertz CT molecular complexity index is 855. The summed E-state index contributed by atoms with van der Waals surface area (Å²) in [7, 11) is 0. The summed E-state index contributed by atoms with van der Waals surface area (Å²) in [5.74, 6) is 1.93. The molecule has 1 aliphatic heterocycles. The summed E-state index contributed by atoms with van der Waals surface area (Å²) >= 11 is 1.99. The molecule has 0 unspecified atom stereocenters. The van der Waals surface area contributed by atoms with Crippen LogP contribution in [0.2, 0.25) is 0 Å². The third kappa shape index (κ3) is 3.22. The van der Waals surface area contributed by atoms with Gasteiger partial charge in [-0.25, -0.2) is 9.97 Å². The zero-order chi connectivity index (χ0) is 17.2.